The molecule has 0 amide bonds. The Balaban J connectivity index is 2.10. The summed E-state index contributed by atoms with van der Waals surface area (Å²) in [5.74, 6) is 0. The predicted molar refractivity (Wildman–Crippen MR) is 58.7 cm³/mol. The lowest BCUT2D eigenvalue weighted by Crippen LogP contribution is -2.26. The zero-order chi connectivity index (χ0) is 9.10. The first-order chi connectivity index (χ1) is 6.36. The Hall–Kier alpha value is -0.340. The van der Waals surface area contributed by atoms with Crippen LogP contribution in [0.25, 0.3) is 0 Å². The van der Waals surface area contributed by atoms with Gasteiger partial charge in [0.15, 0.2) is 0 Å². The summed E-state index contributed by atoms with van der Waals surface area (Å²) in [6, 6.07) is 9.22. The summed E-state index contributed by atoms with van der Waals surface area (Å²) < 4.78 is 1.16. The van der Waals surface area contributed by atoms with E-state index in [1.807, 2.05) is 0 Å². The second kappa shape index (κ2) is 4.25. The molecular formula is C11H14BrN. The molecule has 1 nitrogen and oxygen atoms in total. The largest absolute Gasteiger partial charge is 0.310 e. The zero-order valence-corrected chi connectivity index (χ0v) is 9.18. The van der Waals surface area contributed by atoms with Gasteiger partial charge in [-0.15, -0.1) is 0 Å². The Kier molecular flexibility index (Phi) is 3.01. The molecule has 0 spiro atoms. The second-order valence-corrected chi connectivity index (χ2v) is 4.47. The molecule has 1 aliphatic heterocycles. The van der Waals surface area contributed by atoms with Crippen molar-refractivity contribution >= 4 is 15.9 Å². The minimum Gasteiger partial charge on any atom is -0.310 e. The van der Waals surface area contributed by atoms with Crippen LogP contribution in [0.4, 0.5) is 0 Å². The van der Waals surface area contributed by atoms with Gasteiger partial charge in [-0.2, -0.15) is 0 Å². The van der Waals surface area contributed by atoms with Gasteiger partial charge in [0.05, 0.1) is 0 Å². The lowest BCUT2D eigenvalue weighted by molar-refractivity contribution is 0.412. The van der Waals surface area contributed by atoms with Gasteiger partial charge in [-0.1, -0.05) is 34.5 Å². The average molecular weight is 240 g/mol. The molecular weight excluding hydrogens is 226 g/mol. The molecule has 1 aliphatic rings. The van der Waals surface area contributed by atoms with E-state index in [2.05, 4.69) is 45.5 Å². The molecule has 0 bridgehead atoms. The van der Waals surface area contributed by atoms with Crippen molar-refractivity contribution in [1.29, 1.82) is 0 Å². The first-order valence-electron chi connectivity index (χ1n) is 4.85. The minimum absolute atomic E-state index is 0.585. The molecule has 1 atom stereocenters. The Labute approximate surface area is 87.7 Å². The predicted octanol–water partition coefficient (Wildman–Crippen LogP) is 3.26. The first-order valence-corrected chi connectivity index (χ1v) is 5.64. The van der Waals surface area contributed by atoms with Gasteiger partial charge in [0.25, 0.3) is 0 Å². The summed E-state index contributed by atoms with van der Waals surface area (Å²) >= 11 is 3.45. The molecule has 0 aliphatic carbocycles. The van der Waals surface area contributed by atoms with E-state index in [1.54, 1.807) is 0 Å². The minimum atomic E-state index is 0.585. The molecule has 70 valence electrons. The fourth-order valence-corrected chi connectivity index (χ4v) is 2.10. The summed E-state index contributed by atoms with van der Waals surface area (Å²) in [6.45, 7) is 1.17. The number of halogens is 1. The Bertz CT molecular complexity index is 262. The molecule has 2 heteroatoms. The van der Waals surface area contributed by atoms with Crippen LogP contribution >= 0.6 is 15.9 Å². The number of piperidine rings is 1. The topological polar surface area (TPSA) is 12.0 Å². The van der Waals surface area contributed by atoms with Crippen molar-refractivity contribution in [2.75, 3.05) is 6.54 Å². The van der Waals surface area contributed by atoms with Crippen LogP contribution < -0.4 is 5.32 Å². The summed E-state index contributed by atoms with van der Waals surface area (Å²) in [7, 11) is 0. The summed E-state index contributed by atoms with van der Waals surface area (Å²) in [6.07, 6.45) is 3.96. The van der Waals surface area contributed by atoms with E-state index in [-0.39, 0.29) is 0 Å². The van der Waals surface area contributed by atoms with Crippen LogP contribution in [0.3, 0.4) is 0 Å². The molecule has 0 radical (unpaired) electrons. The Morgan fingerprint density at radius 1 is 1.15 bits per heavy atom. The van der Waals surface area contributed by atoms with Gasteiger partial charge in [0.1, 0.15) is 0 Å². The lowest BCUT2D eigenvalue weighted by Gasteiger charge is -2.23. The molecule has 1 aromatic carbocycles. The molecule has 0 saturated carbocycles. The van der Waals surface area contributed by atoms with Crippen molar-refractivity contribution in [2.24, 2.45) is 0 Å². The number of benzene rings is 1. The fourth-order valence-electron chi connectivity index (χ4n) is 1.83. The third-order valence-electron chi connectivity index (χ3n) is 2.58. The standard InChI is InChI=1S/C11H14BrN/c12-10-6-4-9(5-7-10)11-3-1-2-8-13-11/h4-7,11,13H,1-3,8H2. The van der Waals surface area contributed by atoms with Gasteiger partial charge < -0.3 is 5.32 Å². The van der Waals surface area contributed by atoms with Gasteiger partial charge in [-0.3, -0.25) is 0 Å². The van der Waals surface area contributed by atoms with E-state index in [9.17, 15) is 0 Å². The number of hydrogen-bond donors (Lipinski definition) is 1. The molecule has 1 N–H and O–H groups in total. The van der Waals surface area contributed by atoms with Gasteiger partial charge in [-0.05, 0) is 37.1 Å². The highest BCUT2D eigenvalue weighted by atomic mass is 79.9. The van der Waals surface area contributed by atoms with E-state index in [1.165, 1.54) is 31.4 Å². The number of nitrogens with one attached hydrogen (secondary N) is 1. The van der Waals surface area contributed by atoms with Crippen LogP contribution in [0.2, 0.25) is 0 Å². The van der Waals surface area contributed by atoms with Crippen molar-refractivity contribution in [2.45, 2.75) is 25.3 Å². The smallest absolute Gasteiger partial charge is 0.0320 e. The Morgan fingerprint density at radius 3 is 2.54 bits per heavy atom. The summed E-state index contributed by atoms with van der Waals surface area (Å²) in [5.41, 5.74) is 1.42. The molecule has 0 aromatic heterocycles. The van der Waals surface area contributed by atoms with Crippen LogP contribution in [0.5, 0.6) is 0 Å². The first kappa shape index (κ1) is 9.22. The van der Waals surface area contributed by atoms with Crippen molar-refractivity contribution in [1.82, 2.24) is 5.32 Å². The van der Waals surface area contributed by atoms with Crippen molar-refractivity contribution in [3.8, 4) is 0 Å². The third kappa shape index (κ3) is 2.32. The van der Waals surface area contributed by atoms with Crippen molar-refractivity contribution in [3.63, 3.8) is 0 Å². The monoisotopic (exact) mass is 239 g/mol. The van der Waals surface area contributed by atoms with Crippen LogP contribution in [-0.4, -0.2) is 6.54 Å². The van der Waals surface area contributed by atoms with Gasteiger partial charge in [-0.25, -0.2) is 0 Å². The Morgan fingerprint density at radius 2 is 1.92 bits per heavy atom. The van der Waals surface area contributed by atoms with Crippen molar-refractivity contribution in [3.05, 3.63) is 34.3 Å². The highest BCUT2D eigenvalue weighted by molar-refractivity contribution is 9.10. The fraction of sp³-hybridized carbons (Fsp3) is 0.455. The molecule has 13 heavy (non-hydrogen) atoms. The maximum Gasteiger partial charge on any atom is 0.0320 e. The lowest BCUT2D eigenvalue weighted by atomic mass is 9.98. The van der Waals surface area contributed by atoms with Crippen LogP contribution in [0.15, 0.2) is 28.7 Å². The summed E-state index contributed by atoms with van der Waals surface area (Å²) in [5, 5.41) is 3.54. The highest BCUT2D eigenvalue weighted by Crippen LogP contribution is 2.23. The quantitative estimate of drug-likeness (QED) is 0.794. The van der Waals surface area contributed by atoms with Gasteiger partial charge >= 0.3 is 0 Å². The van der Waals surface area contributed by atoms with E-state index in [0.717, 1.165) is 4.47 Å². The molecule has 1 fully saturated rings. The SMILES string of the molecule is Brc1ccc(C2CCCCN2)cc1. The van der Waals surface area contributed by atoms with Crippen LogP contribution in [0.1, 0.15) is 30.9 Å². The van der Waals surface area contributed by atoms with Crippen molar-refractivity contribution < 1.29 is 0 Å². The van der Waals surface area contributed by atoms with E-state index < -0.39 is 0 Å². The van der Waals surface area contributed by atoms with Crippen LogP contribution in [0, 0.1) is 0 Å². The third-order valence-corrected chi connectivity index (χ3v) is 3.11. The van der Waals surface area contributed by atoms with Gasteiger partial charge in [0, 0.05) is 10.5 Å². The normalized spacial score (nSPS) is 23.0. The molecule has 1 saturated heterocycles. The summed E-state index contributed by atoms with van der Waals surface area (Å²) in [4.78, 5) is 0. The highest BCUT2D eigenvalue weighted by Gasteiger charge is 2.13. The number of rotatable bonds is 1. The molecule has 1 aromatic rings. The van der Waals surface area contributed by atoms with E-state index in [4.69, 9.17) is 0 Å². The van der Waals surface area contributed by atoms with Crippen LogP contribution in [-0.2, 0) is 0 Å². The zero-order valence-electron chi connectivity index (χ0n) is 7.59. The average Bonchev–Trinajstić information content (AvgIpc) is 2.20. The second-order valence-electron chi connectivity index (χ2n) is 3.55. The maximum absolute atomic E-state index is 3.54. The molecule has 1 heterocycles. The molecule has 2 rings (SSSR count). The van der Waals surface area contributed by atoms with E-state index in [0.29, 0.717) is 6.04 Å². The maximum atomic E-state index is 3.54. The number of hydrogen-bond acceptors (Lipinski definition) is 1. The van der Waals surface area contributed by atoms with Gasteiger partial charge in [0.2, 0.25) is 0 Å². The molecule has 1 unspecified atom stereocenters. The van der Waals surface area contributed by atoms with E-state index >= 15 is 0 Å².